The fourth-order valence-electron chi connectivity index (χ4n) is 4.41. The van der Waals surface area contributed by atoms with Gasteiger partial charge in [0, 0.05) is 52.1 Å². The van der Waals surface area contributed by atoms with Crippen LogP contribution in [0.3, 0.4) is 0 Å². The van der Waals surface area contributed by atoms with Gasteiger partial charge in [-0.3, -0.25) is 24.1 Å². The van der Waals surface area contributed by atoms with Crippen LogP contribution >= 0.6 is 35.7 Å². The molecule has 0 aromatic rings. The second-order valence-electron chi connectivity index (χ2n) is 9.08. The SMILES string of the molecule is CCN(CC)C(=O)CCCCCN1CS/C(=C2/SC(=S)N(CCCCCC(=O)N(CC)CC)C2=O)C1=O. The van der Waals surface area contributed by atoms with Crippen LogP contribution in [0, 0.1) is 0 Å². The smallest absolute Gasteiger partial charge is 0.267 e. The maximum absolute atomic E-state index is 13.0. The maximum atomic E-state index is 13.0. The predicted octanol–water partition coefficient (Wildman–Crippen LogP) is 4.45. The van der Waals surface area contributed by atoms with Crippen molar-refractivity contribution in [2.75, 3.05) is 45.1 Å². The standard InChI is InChI=1S/C26H42N4O4S3/c1-5-27(6-2)20(31)15-11-9-13-17-29-19-36-22(24(29)33)23-25(34)30(26(35)37-23)18-14-10-12-16-21(32)28(7-3)8-4/h5-19H2,1-4H3/b23-22+. The van der Waals surface area contributed by atoms with E-state index in [0.29, 0.717) is 45.9 Å². The van der Waals surface area contributed by atoms with Crippen molar-refractivity contribution in [3.05, 3.63) is 9.81 Å². The molecule has 0 radical (unpaired) electrons. The van der Waals surface area contributed by atoms with Crippen LogP contribution in [0.2, 0.25) is 0 Å². The molecular weight excluding hydrogens is 529 g/mol. The van der Waals surface area contributed by atoms with Crippen LogP contribution in [0.5, 0.6) is 0 Å². The van der Waals surface area contributed by atoms with Crippen molar-refractivity contribution in [3.63, 3.8) is 0 Å². The summed E-state index contributed by atoms with van der Waals surface area (Å²) in [6.07, 6.45) is 6.02. The average molecular weight is 571 g/mol. The van der Waals surface area contributed by atoms with Gasteiger partial charge < -0.3 is 14.7 Å². The second kappa shape index (κ2) is 16.4. The lowest BCUT2D eigenvalue weighted by Crippen LogP contribution is -2.31. The van der Waals surface area contributed by atoms with E-state index in [4.69, 9.17) is 12.2 Å². The van der Waals surface area contributed by atoms with E-state index >= 15 is 0 Å². The number of carbonyl (C=O) groups excluding carboxylic acids is 4. The summed E-state index contributed by atoms with van der Waals surface area (Å²) in [5.74, 6) is 0.628. The van der Waals surface area contributed by atoms with Gasteiger partial charge in [0.2, 0.25) is 11.8 Å². The molecule has 0 bridgehead atoms. The Kier molecular flexibility index (Phi) is 14.0. The summed E-state index contributed by atoms with van der Waals surface area (Å²) in [6, 6.07) is 0. The van der Waals surface area contributed by atoms with Crippen molar-refractivity contribution in [2.24, 2.45) is 0 Å². The molecule has 0 atom stereocenters. The number of thioether (sulfide) groups is 2. The Hall–Kier alpha value is -1.59. The molecule has 2 saturated heterocycles. The van der Waals surface area contributed by atoms with Crippen molar-refractivity contribution in [2.45, 2.75) is 79.1 Å². The number of unbranched alkanes of at least 4 members (excludes halogenated alkanes) is 4. The average Bonchev–Trinajstić information content (AvgIpc) is 3.38. The summed E-state index contributed by atoms with van der Waals surface area (Å²) in [7, 11) is 0. The van der Waals surface area contributed by atoms with Crippen molar-refractivity contribution in [3.8, 4) is 0 Å². The minimum atomic E-state index is -0.179. The van der Waals surface area contributed by atoms with Crippen molar-refractivity contribution < 1.29 is 19.2 Å². The lowest BCUT2D eigenvalue weighted by molar-refractivity contribution is -0.131. The van der Waals surface area contributed by atoms with E-state index < -0.39 is 0 Å². The van der Waals surface area contributed by atoms with Gasteiger partial charge in [-0.2, -0.15) is 0 Å². The van der Waals surface area contributed by atoms with Gasteiger partial charge in [0.05, 0.1) is 15.7 Å². The predicted molar refractivity (Wildman–Crippen MR) is 156 cm³/mol. The van der Waals surface area contributed by atoms with Crippen molar-refractivity contribution >= 4 is 63.7 Å². The highest BCUT2D eigenvalue weighted by Crippen LogP contribution is 2.41. The topological polar surface area (TPSA) is 81.2 Å². The van der Waals surface area contributed by atoms with E-state index in [1.807, 2.05) is 37.5 Å². The third-order valence-electron chi connectivity index (χ3n) is 6.72. The van der Waals surface area contributed by atoms with Crippen LogP contribution in [0.15, 0.2) is 9.81 Å². The second-order valence-corrected chi connectivity index (χ2v) is 11.7. The number of hydrogen-bond acceptors (Lipinski definition) is 7. The zero-order valence-corrected chi connectivity index (χ0v) is 25.2. The third-order valence-corrected chi connectivity index (χ3v) is 9.41. The first kappa shape index (κ1) is 31.6. The van der Waals surface area contributed by atoms with E-state index in [9.17, 15) is 19.2 Å². The van der Waals surface area contributed by atoms with E-state index in [2.05, 4.69) is 0 Å². The van der Waals surface area contributed by atoms with Gasteiger partial charge in [-0.15, -0.1) is 0 Å². The molecular formula is C26H42N4O4S3. The fraction of sp³-hybridized carbons (Fsp3) is 0.731. The van der Waals surface area contributed by atoms with Crippen LogP contribution in [-0.2, 0) is 19.2 Å². The first-order valence-corrected chi connectivity index (χ1v) is 15.7. The molecule has 37 heavy (non-hydrogen) atoms. The minimum Gasteiger partial charge on any atom is -0.343 e. The molecule has 0 N–H and O–H groups in total. The molecule has 4 amide bonds. The summed E-state index contributed by atoms with van der Waals surface area (Å²) in [5.41, 5.74) is 0. The Labute approximate surface area is 235 Å². The molecule has 208 valence electrons. The number of carbonyl (C=O) groups is 4. The normalized spacial score (nSPS) is 17.8. The van der Waals surface area contributed by atoms with E-state index in [0.717, 1.165) is 64.7 Å². The highest BCUT2D eigenvalue weighted by atomic mass is 32.2. The molecule has 2 fully saturated rings. The zero-order valence-electron chi connectivity index (χ0n) is 22.8. The quantitative estimate of drug-likeness (QED) is 0.154. The highest BCUT2D eigenvalue weighted by molar-refractivity contribution is 8.27. The first-order chi connectivity index (χ1) is 17.8. The number of nitrogens with zero attached hydrogens (tertiary/aromatic N) is 4. The van der Waals surface area contributed by atoms with Crippen LogP contribution in [0.4, 0.5) is 0 Å². The summed E-state index contributed by atoms with van der Waals surface area (Å²) in [5, 5.41) is 0. The molecule has 0 aliphatic carbocycles. The zero-order chi connectivity index (χ0) is 27.4. The number of amides is 4. The van der Waals surface area contributed by atoms with E-state index in [1.165, 1.54) is 23.5 Å². The van der Waals surface area contributed by atoms with E-state index in [1.54, 1.807) is 9.80 Å². The van der Waals surface area contributed by atoms with Gasteiger partial charge in [0.1, 0.15) is 4.32 Å². The molecule has 0 spiro atoms. The Bertz CT molecular complexity index is 872. The number of hydrogen-bond donors (Lipinski definition) is 0. The van der Waals surface area contributed by atoms with Gasteiger partial charge in [-0.1, -0.05) is 48.6 Å². The monoisotopic (exact) mass is 570 g/mol. The number of thiocarbonyl (C=S) groups is 1. The minimum absolute atomic E-state index is 0.0976. The Balaban J connectivity index is 1.76. The third kappa shape index (κ3) is 8.99. The van der Waals surface area contributed by atoms with Crippen LogP contribution in [-0.4, -0.2) is 92.7 Å². The Morgan fingerprint density at radius 1 is 0.757 bits per heavy atom. The highest BCUT2D eigenvalue weighted by Gasteiger charge is 2.39. The molecule has 0 saturated carbocycles. The molecule has 2 rings (SSSR count). The molecule has 2 aliphatic heterocycles. The largest absolute Gasteiger partial charge is 0.343 e. The van der Waals surface area contributed by atoms with Gasteiger partial charge in [-0.05, 0) is 53.4 Å². The summed E-state index contributed by atoms with van der Waals surface area (Å²) in [4.78, 5) is 58.3. The Morgan fingerprint density at radius 3 is 1.78 bits per heavy atom. The fourth-order valence-corrected chi connectivity index (χ4v) is 6.98. The lowest BCUT2D eigenvalue weighted by atomic mass is 10.1. The molecule has 0 aromatic carbocycles. The maximum Gasteiger partial charge on any atom is 0.267 e. The number of rotatable bonds is 16. The summed E-state index contributed by atoms with van der Waals surface area (Å²) >= 11 is 8.08. The molecule has 0 unspecified atom stereocenters. The van der Waals surface area contributed by atoms with Crippen molar-refractivity contribution in [1.82, 2.24) is 19.6 Å². The summed E-state index contributed by atoms with van der Waals surface area (Å²) < 4.78 is 0.497. The molecule has 2 heterocycles. The molecule has 8 nitrogen and oxygen atoms in total. The van der Waals surface area contributed by atoms with Crippen LogP contribution in [0.25, 0.3) is 0 Å². The summed E-state index contributed by atoms with van der Waals surface area (Å²) in [6.45, 7) is 12.0. The molecule has 0 aromatic heterocycles. The van der Waals surface area contributed by atoms with E-state index in [-0.39, 0.29) is 23.6 Å². The van der Waals surface area contributed by atoms with Gasteiger partial charge in [-0.25, -0.2) is 0 Å². The van der Waals surface area contributed by atoms with Crippen LogP contribution in [0.1, 0.15) is 79.1 Å². The van der Waals surface area contributed by atoms with Crippen LogP contribution < -0.4 is 0 Å². The van der Waals surface area contributed by atoms with Gasteiger partial charge >= 0.3 is 0 Å². The van der Waals surface area contributed by atoms with Crippen molar-refractivity contribution in [1.29, 1.82) is 0 Å². The van der Waals surface area contributed by atoms with Gasteiger partial charge in [0.15, 0.2) is 0 Å². The molecule has 2 aliphatic rings. The lowest BCUT2D eigenvalue weighted by Gasteiger charge is -2.18. The Morgan fingerprint density at radius 2 is 1.27 bits per heavy atom. The first-order valence-electron chi connectivity index (χ1n) is 13.5. The molecule has 11 heteroatoms. The van der Waals surface area contributed by atoms with Gasteiger partial charge in [0.25, 0.3) is 11.8 Å².